The zero-order valence-electron chi connectivity index (χ0n) is 11.3. The second-order valence-electron chi connectivity index (χ2n) is 5.35. The second-order valence-corrected chi connectivity index (χ2v) is 5.76. The molecule has 4 nitrogen and oxygen atoms in total. The number of benzene rings is 1. The van der Waals surface area contributed by atoms with Crippen molar-refractivity contribution in [1.29, 1.82) is 0 Å². The summed E-state index contributed by atoms with van der Waals surface area (Å²) < 4.78 is 0. The molecule has 1 saturated carbocycles. The monoisotopic (exact) mass is 282 g/mol. The number of nitro groups is 1. The fourth-order valence-electron chi connectivity index (χ4n) is 2.78. The van der Waals surface area contributed by atoms with Crippen molar-refractivity contribution >= 4 is 23.0 Å². The van der Waals surface area contributed by atoms with Gasteiger partial charge in [-0.3, -0.25) is 10.1 Å². The molecule has 104 valence electrons. The Kier molecular flexibility index (Phi) is 4.30. The van der Waals surface area contributed by atoms with Crippen molar-refractivity contribution in [3.05, 3.63) is 32.8 Å². The molecular formula is C14H19ClN2O2. The van der Waals surface area contributed by atoms with E-state index in [1.54, 1.807) is 6.07 Å². The third kappa shape index (κ3) is 3.18. The van der Waals surface area contributed by atoms with Crippen LogP contribution < -0.4 is 5.32 Å². The molecule has 1 aliphatic rings. The molecule has 2 rings (SSSR count). The highest BCUT2D eigenvalue weighted by Crippen LogP contribution is 2.33. The number of hydrogen-bond acceptors (Lipinski definition) is 3. The molecule has 0 bridgehead atoms. The van der Waals surface area contributed by atoms with Gasteiger partial charge in [-0.25, -0.2) is 0 Å². The molecule has 0 saturated heterocycles. The summed E-state index contributed by atoms with van der Waals surface area (Å²) in [5, 5.41) is 14.5. The van der Waals surface area contributed by atoms with Crippen molar-refractivity contribution in [3.63, 3.8) is 0 Å². The first-order valence-corrected chi connectivity index (χ1v) is 7.08. The first-order valence-electron chi connectivity index (χ1n) is 6.70. The van der Waals surface area contributed by atoms with E-state index in [1.807, 2.05) is 6.92 Å². The lowest BCUT2D eigenvalue weighted by Gasteiger charge is -2.22. The van der Waals surface area contributed by atoms with E-state index in [2.05, 4.69) is 12.2 Å². The van der Waals surface area contributed by atoms with Crippen molar-refractivity contribution in [2.75, 3.05) is 5.32 Å². The third-order valence-electron chi connectivity index (χ3n) is 3.98. The molecule has 1 fully saturated rings. The Balaban J connectivity index is 2.16. The normalized spacial score (nSPS) is 17.4. The minimum absolute atomic E-state index is 0.0294. The maximum Gasteiger partial charge on any atom is 0.288 e. The van der Waals surface area contributed by atoms with Crippen LogP contribution in [0.1, 0.15) is 38.2 Å². The lowest BCUT2D eigenvalue weighted by atomic mass is 9.99. The van der Waals surface area contributed by atoms with Crippen molar-refractivity contribution in [3.8, 4) is 0 Å². The Bertz CT molecular complexity index is 485. The minimum atomic E-state index is -0.445. The molecule has 0 amide bonds. The maximum absolute atomic E-state index is 10.8. The summed E-state index contributed by atoms with van der Waals surface area (Å²) >= 11 is 5.96. The fourth-order valence-corrected chi connectivity index (χ4v) is 3.01. The third-order valence-corrected chi connectivity index (χ3v) is 4.28. The maximum atomic E-state index is 10.8. The molecule has 1 aliphatic carbocycles. The van der Waals surface area contributed by atoms with E-state index < -0.39 is 4.92 Å². The molecule has 0 heterocycles. The van der Waals surface area contributed by atoms with Gasteiger partial charge in [0.05, 0.1) is 4.92 Å². The summed E-state index contributed by atoms with van der Waals surface area (Å²) in [7, 11) is 0. The predicted molar refractivity (Wildman–Crippen MR) is 77.9 cm³/mol. The number of nitrogens with one attached hydrogen (secondary N) is 1. The van der Waals surface area contributed by atoms with Gasteiger partial charge in [-0.1, -0.05) is 24.4 Å². The van der Waals surface area contributed by atoms with Crippen LogP contribution in [0.2, 0.25) is 5.02 Å². The van der Waals surface area contributed by atoms with Crippen LogP contribution in [0.4, 0.5) is 11.4 Å². The largest absolute Gasteiger partial charge is 0.382 e. The number of nitrogens with zero attached hydrogens (tertiary/aromatic N) is 1. The molecule has 0 radical (unpaired) electrons. The number of aryl methyl sites for hydroxylation is 1. The zero-order valence-corrected chi connectivity index (χ0v) is 12.0. The van der Waals surface area contributed by atoms with Gasteiger partial charge < -0.3 is 5.32 Å². The highest BCUT2D eigenvalue weighted by atomic mass is 35.5. The average molecular weight is 283 g/mol. The highest BCUT2D eigenvalue weighted by molar-refractivity contribution is 6.33. The van der Waals surface area contributed by atoms with Gasteiger partial charge in [0.2, 0.25) is 0 Å². The van der Waals surface area contributed by atoms with Gasteiger partial charge in [0, 0.05) is 17.8 Å². The summed E-state index contributed by atoms with van der Waals surface area (Å²) in [6.07, 6.45) is 5.12. The van der Waals surface area contributed by atoms with Gasteiger partial charge in [0.15, 0.2) is 0 Å². The second kappa shape index (κ2) is 5.78. The van der Waals surface area contributed by atoms with Gasteiger partial charge in [-0.05, 0) is 44.2 Å². The minimum Gasteiger partial charge on any atom is -0.382 e. The first-order chi connectivity index (χ1) is 8.99. The van der Waals surface area contributed by atoms with E-state index in [4.69, 9.17) is 11.6 Å². The lowest BCUT2D eigenvalue weighted by Crippen LogP contribution is -2.24. The molecular weight excluding hydrogens is 264 g/mol. The highest BCUT2D eigenvalue weighted by Gasteiger charge is 2.22. The van der Waals surface area contributed by atoms with E-state index in [0.717, 1.165) is 11.3 Å². The van der Waals surface area contributed by atoms with E-state index in [-0.39, 0.29) is 10.7 Å². The van der Waals surface area contributed by atoms with Crippen molar-refractivity contribution in [1.82, 2.24) is 0 Å². The van der Waals surface area contributed by atoms with Crippen molar-refractivity contribution in [2.24, 2.45) is 5.92 Å². The van der Waals surface area contributed by atoms with E-state index >= 15 is 0 Å². The van der Waals surface area contributed by atoms with Crippen LogP contribution in [-0.4, -0.2) is 11.0 Å². The van der Waals surface area contributed by atoms with Gasteiger partial charge in [0.25, 0.3) is 5.69 Å². The number of rotatable bonds is 4. The molecule has 19 heavy (non-hydrogen) atoms. The predicted octanol–water partition coefficient (Wildman–Crippen LogP) is 4.55. The number of anilines is 1. The molecule has 5 heteroatoms. The van der Waals surface area contributed by atoms with Gasteiger partial charge in [-0.2, -0.15) is 0 Å². The van der Waals surface area contributed by atoms with Crippen LogP contribution in [-0.2, 0) is 0 Å². The molecule has 0 aliphatic heterocycles. The molecule has 1 unspecified atom stereocenters. The SMILES string of the molecule is Cc1cc([N+](=O)[O-])c(Cl)cc1NC(C)C1CCCC1. The van der Waals surface area contributed by atoms with Crippen LogP contribution in [0.3, 0.4) is 0 Å². The molecule has 0 aromatic heterocycles. The summed E-state index contributed by atoms with van der Waals surface area (Å²) in [5.41, 5.74) is 1.73. The number of halogens is 1. The Morgan fingerprint density at radius 3 is 2.63 bits per heavy atom. The Morgan fingerprint density at radius 1 is 1.42 bits per heavy atom. The summed E-state index contributed by atoms with van der Waals surface area (Å²) in [6.45, 7) is 4.04. The summed E-state index contributed by atoms with van der Waals surface area (Å²) in [4.78, 5) is 10.4. The van der Waals surface area contributed by atoms with E-state index in [9.17, 15) is 10.1 Å². The summed E-state index contributed by atoms with van der Waals surface area (Å²) in [6, 6.07) is 3.57. The number of nitro benzene ring substituents is 1. The molecule has 1 N–H and O–H groups in total. The molecule has 0 spiro atoms. The average Bonchev–Trinajstić information content (AvgIpc) is 2.86. The van der Waals surface area contributed by atoms with E-state index in [0.29, 0.717) is 12.0 Å². The van der Waals surface area contributed by atoms with Gasteiger partial charge in [-0.15, -0.1) is 0 Å². The van der Waals surface area contributed by atoms with Crippen molar-refractivity contribution < 1.29 is 4.92 Å². The van der Waals surface area contributed by atoms with Crippen LogP contribution in [0, 0.1) is 23.0 Å². The first kappa shape index (κ1) is 14.1. The Morgan fingerprint density at radius 2 is 2.05 bits per heavy atom. The lowest BCUT2D eigenvalue weighted by molar-refractivity contribution is -0.384. The van der Waals surface area contributed by atoms with Crippen molar-refractivity contribution in [2.45, 2.75) is 45.6 Å². The summed E-state index contributed by atoms with van der Waals surface area (Å²) in [5.74, 6) is 0.688. The molecule has 1 atom stereocenters. The Hall–Kier alpha value is -1.29. The van der Waals surface area contributed by atoms with Crippen LogP contribution >= 0.6 is 11.6 Å². The number of hydrogen-bond donors (Lipinski definition) is 1. The van der Waals surface area contributed by atoms with Gasteiger partial charge >= 0.3 is 0 Å². The standard InChI is InChI=1S/C14H19ClN2O2/c1-9-7-14(17(18)19)12(15)8-13(9)16-10(2)11-5-3-4-6-11/h7-8,10-11,16H,3-6H2,1-2H3. The van der Waals surface area contributed by atoms with Crippen LogP contribution in [0.25, 0.3) is 0 Å². The van der Waals surface area contributed by atoms with Crippen LogP contribution in [0.15, 0.2) is 12.1 Å². The van der Waals surface area contributed by atoms with Crippen LogP contribution in [0.5, 0.6) is 0 Å². The fraction of sp³-hybridized carbons (Fsp3) is 0.571. The van der Waals surface area contributed by atoms with Gasteiger partial charge in [0.1, 0.15) is 5.02 Å². The molecule has 1 aromatic carbocycles. The molecule has 1 aromatic rings. The Labute approximate surface area is 118 Å². The zero-order chi connectivity index (χ0) is 14.0. The smallest absolute Gasteiger partial charge is 0.288 e. The van der Waals surface area contributed by atoms with E-state index in [1.165, 1.54) is 31.7 Å². The quantitative estimate of drug-likeness (QED) is 0.651. The topological polar surface area (TPSA) is 55.2 Å².